The van der Waals surface area contributed by atoms with Crippen molar-refractivity contribution in [2.24, 2.45) is 11.8 Å². The highest BCUT2D eigenvalue weighted by atomic mass is 16.5. The SMILES string of the molecule is CC(=O)N(C)CC1CCN(CC2CCOCC2)CC1. The molecular formula is C15H28N2O2. The van der Waals surface area contributed by atoms with E-state index in [1.54, 1.807) is 6.92 Å². The molecule has 0 saturated carbocycles. The Labute approximate surface area is 117 Å². The number of piperidine rings is 1. The van der Waals surface area contributed by atoms with Gasteiger partial charge in [0.25, 0.3) is 0 Å². The Morgan fingerprint density at radius 2 is 1.79 bits per heavy atom. The lowest BCUT2D eigenvalue weighted by molar-refractivity contribution is -0.128. The van der Waals surface area contributed by atoms with Crippen molar-refractivity contribution in [1.82, 2.24) is 9.80 Å². The molecule has 0 aromatic rings. The van der Waals surface area contributed by atoms with E-state index < -0.39 is 0 Å². The molecule has 4 nitrogen and oxygen atoms in total. The number of hydrogen-bond acceptors (Lipinski definition) is 3. The lowest BCUT2D eigenvalue weighted by Crippen LogP contribution is -2.41. The molecule has 110 valence electrons. The van der Waals surface area contributed by atoms with Crippen molar-refractivity contribution in [3.05, 3.63) is 0 Å². The molecule has 0 aromatic heterocycles. The number of ether oxygens (including phenoxy) is 1. The van der Waals surface area contributed by atoms with Gasteiger partial charge in [0.15, 0.2) is 0 Å². The van der Waals surface area contributed by atoms with Crippen LogP contribution in [0.4, 0.5) is 0 Å². The highest BCUT2D eigenvalue weighted by Crippen LogP contribution is 2.22. The van der Waals surface area contributed by atoms with E-state index in [1.807, 2.05) is 11.9 Å². The van der Waals surface area contributed by atoms with E-state index in [1.165, 1.54) is 45.3 Å². The van der Waals surface area contributed by atoms with Gasteiger partial charge in [0.1, 0.15) is 0 Å². The summed E-state index contributed by atoms with van der Waals surface area (Å²) in [7, 11) is 1.91. The first kappa shape index (κ1) is 14.8. The normalized spacial score (nSPS) is 23.5. The maximum atomic E-state index is 11.2. The number of rotatable bonds is 4. The van der Waals surface area contributed by atoms with E-state index in [0.29, 0.717) is 5.92 Å². The molecule has 2 fully saturated rings. The summed E-state index contributed by atoms with van der Waals surface area (Å²) in [5.41, 5.74) is 0. The molecule has 0 atom stereocenters. The topological polar surface area (TPSA) is 32.8 Å². The van der Waals surface area contributed by atoms with Gasteiger partial charge >= 0.3 is 0 Å². The largest absolute Gasteiger partial charge is 0.381 e. The molecule has 0 radical (unpaired) electrons. The van der Waals surface area contributed by atoms with Crippen LogP contribution < -0.4 is 0 Å². The molecule has 2 saturated heterocycles. The first-order chi connectivity index (χ1) is 9.15. The minimum Gasteiger partial charge on any atom is -0.381 e. The van der Waals surface area contributed by atoms with Crippen LogP contribution in [0.15, 0.2) is 0 Å². The number of likely N-dealkylation sites (tertiary alicyclic amines) is 1. The average molecular weight is 268 g/mol. The van der Waals surface area contributed by atoms with Crippen LogP contribution in [0, 0.1) is 11.8 Å². The minimum absolute atomic E-state index is 0.185. The molecule has 2 rings (SSSR count). The molecule has 0 N–H and O–H groups in total. The van der Waals surface area contributed by atoms with Gasteiger partial charge in [-0.25, -0.2) is 0 Å². The van der Waals surface area contributed by atoms with Gasteiger partial charge in [-0.3, -0.25) is 4.79 Å². The standard InChI is InChI=1S/C15H28N2O2/c1-13(18)16(2)11-14-3-7-17(8-4-14)12-15-5-9-19-10-6-15/h14-15H,3-12H2,1-2H3. The third-order valence-electron chi connectivity index (χ3n) is 4.63. The van der Waals surface area contributed by atoms with E-state index in [9.17, 15) is 4.79 Å². The van der Waals surface area contributed by atoms with Crippen molar-refractivity contribution in [2.45, 2.75) is 32.6 Å². The number of carbonyl (C=O) groups excluding carboxylic acids is 1. The molecule has 1 amide bonds. The number of carbonyl (C=O) groups is 1. The molecule has 0 unspecified atom stereocenters. The summed E-state index contributed by atoms with van der Waals surface area (Å²) in [6.45, 7) is 8.13. The van der Waals surface area contributed by atoms with Crippen molar-refractivity contribution in [3.8, 4) is 0 Å². The maximum Gasteiger partial charge on any atom is 0.219 e. The molecule has 2 aliphatic heterocycles. The Morgan fingerprint density at radius 3 is 2.37 bits per heavy atom. The highest BCUT2D eigenvalue weighted by molar-refractivity contribution is 5.72. The van der Waals surface area contributed by atoms with Crippen molar-refractivity contribution in [3.63, 3.8) is 0 Å². The van der Waals surface area contributed by atoms with E-state index in [2.05, 4.69) is 4.90 Å². The summed E-state index contributed by atoms with van der Waals surface area (Å²) in [5.74, 6) is 1.72. The van der Waals surface area contributed by atoms with E-state index in [-0.39, 0.29) is 5.91 Å². The van der Waals surface area contributed by atoms with E-state index in [4.69, 9.17) is 4.74 Å². The first-order valence-electron chi connectivity index (χ1n) is 7.67. The number of hydrogen-bond donors (Lipinski definition) is 0. The zero-order valence-electron chi connectivity index (χ0n) is 12.4. The van der Waals surface area contributed by atoms with Crippen LogP contribution in [0.1, 0.15) is 32.6 Å². The van der Waals surface area contributed by atoms with Crippen LogP contribution in [-0.4, -0.2) is 62.1 Å². The van der Waals surface area contributed by atoms with Gasteiger partial charge < -0.3 is 14.5 Å². The van der Waals surface area contributed by atoms with Crippen molar-refractivity contribution in [1.29, 1.82) is 0 Å². The fraction of sp³-hybridized carbons (Fsp3) is 0.933. The Bertz CT molecular complexity index is 282. The van der Waals surface area contributed by atoms with Gasteiger partial charge in [-0.1, -0.05) is 0 Å². The van der Waals surface area contributed by atoms with E-state index >= 15 is 0 Å². The van der Waals surface area contributed by atoms with Crippen molar-refractivity contribution >= 4 is 5.91 Å². The molecule has 0 aliphatic carbocycles. The predicted octanol–water partition coefficient (Wildman–Crippen LogP) is 1.60. The van der Waals surface area contributed by atoms with Crippen LogP contribution in [0.5, 0.6) is 0 Å². The fourth-order valence-corrected chi connectivity index (χ4v) is 3.16. The summed E-state index contributed by atoms with van der Waals surface area (Å²) in [4.78, 5) is 15.7. The smallest absolute Gasteiger partial charge is 0.219 e. The lowest BCUT2D eigenvalue weighted by atomic mass is 9.94. The van der Waals surface area contributed by atoms with Gasteiger partial charge in [-0.05, 0) is 50.6 Å². The molecule has 19 heavy (non-hydrogen) atoms. The van der Waals surface area contributed by atoms with Gasteiger partial charge in [-0.15, -0.1) is 0 Å². The second-order valence-electron chi connectivity index (χ2n) is 6.20. The molecule has 0 spiro atoms. The third kappa shape index (κ3) is 4.77. The Hall–Kier alpha value is -0.610. The summed E-state index contributed by atoms with van der Waals surface area (Å²) in [6.07, 6.45) is 4.93. The zero-order valence-corrected chi connectivity index (χ0v) is 12.4. The second kappa shape index (κ2) is 7.25. The number of amides is 1. The molecule has 2 aliphatic rings. The predicted molar refractivity (Wildman–Crippen MR) is 76.0 cm³/mol. The summed E-state index contributed by atoms with van der Waals surface area (Å²) in [6, 6.07) is 0. The van der Waals surface area contributed by atoms with Crippen LogP contribution in [-0.2, 0) is 9.53 Å². The van der Waals surface area contributed by atoms with Crippen LogP contribution in [0.3, 0.4) is 0 Å². The quantitative estimate of drug-likeness (QED) is 0.776. The summed E-state index contributed by atoms with van der Waals surface area (Å²) in [5, 5.41) is 0. The minimum atomic E-state index is 0.185. The highest BCUT2D eigenvalue weighted by Gasteiger charge is 2.23. The Kier molecular flexibility index (Phi) is 5.64. The summed E-state index contributed by atoms with van der Waals surface area (Å²) >= 11 is 0. The van der Waals surface area contributed by atoms with Crippen LogP contribution in [0.2, 0.25) is 0 Å². The maximum absolute atomic E-state index is 11.2. The van der Waals surface area contributed by atoms with Gasteiger partial charge in [0.05, 0.1) is 0 Å². The molecule has 4 heteroatoms. The Morgan fingerprint density at radius 1 is 1.16 bits per heavy atom. The van der Waals surface area contributed by atoms with E-state index in [0.717, 1.165) is 25.7 Å². The van der Waals surface area contributed by atoms with Crippen LogP contribution in [0.25, 0.3) is 0 Å². The Balaban J connectivity index is 1.65. The van der Waals surface area contributed by atoms with Crippen molar-refractivity contribution < 1.29 is 9.53 Å². The molecule has 0 bridgehead atoms. The van der Waals surface area contributed by atoms with Gasteiger partial charge in [-0.2, -0.15) is 0 Å². The van der Waals surface area contributed by atoms with Gasteiger partial charge in [0.2, 0.25) is 5.91 Å². The number of nitrogens with zero attached hydrogens (tertiary/aromatic N) is 2. The lowest BCUT2D eigenvalue weighted by Gasteiger charge is -2.36. The first-order valence-corrected chi connectivity index (χ1v) is 7.67. The monoisotopic (exact) mass is 268 g/mol. The van der Waals surface area contributed by atoms with Gasteiger partial charge in [0, 0.05) is 40.3 Å². The fourth-order valence-electron chi connectivity index (χ4n) is 3.16. The van der Waals surface area contributed by atoms with Crippen molar-refractivity contribution in [2.75, 3.05) is 46.4 Å². The zero-order chi connectivity index (χ0) is 13.7. The third-order valence-corrected chi connectivity index (χ3v) is 4.63. The summed E-state index contributed by atoms with van der Waals surface area (Å²) < 4.78 is 5.42. The molecule has 2 heterocycles. The molecular weight excluding hydrogens is 240 g/mol. The van der Waals surface area contributed by atoms with Crippen LogP contribution >= 0.6 is 0 Å². The molecule has 0 aromatic carbocycles. The average Bonchev–Trinajstić information content (AvgIpc) is 2.42. The second-order valence-corrected chi connectivity index (χ2v) is 6.20.